The Labute approximate surface area is 118 Å². The fraction of sp³-hybridized carbons (Fsp3) is 0.538. The van der Waals surface area contributed by atoms with Crippen LogP contribution < -0.4 is 4.72 Å². The van der Waals surface area contributed by atoms with Crippen LogP contribution in [0.3, 0.4) is 0 Å². The number of rotatable bonds is 4. The zero-order valence-corrected chi connectivity index (χ0v) is 12.3. The van der Waals surface area contributed by atoms with Crippen molar-refractivity contribution in [3.63, 3.8) is 0 Å². The van der Waals surface area contributed by atoms with Crippen molar-refractivity contribution in [3.05, 3.63) is 23.9 Å². The van der Waals surface area contributed by atoms with E-state index in [1.54, 1.807) is 0 Å². The predicted octanol–water partition coefficient (Wildman–Crippen LogP) is 1.64. The Morgan fingerprint density at radius 3 is 2.60 bits per heavy atom. The van der Waals surface area contributed by atoms with Gasteiger partial charge in [0.25, 0.3) is 10.0 Å². The smallest absolute Gasteiger partial charge is 0.337 e. The van der Waals surface area contributed by atoms with Crippen molar-refractivity contribution < 1.29 is 18.3 Å². The van der Waals surface area contributed by atoms with Gasteiger partial charge < -0.3 is 5.11 Å². The number of aromatic carboxylic acids is 1. The number of aromatic nitrogens is 1. The van der Waals surface area contributed by atoms with E-state index in [1.165, 1.54) is 12.1 Å². The number of sulfonamides is 1. The molecule has 0 bridgehead atoms. The molecule has 1 fully saturated rings. The number of nitrogens with one attached hydrogen (secondary N) is 1. The Morgan fingerprint density at radius 1 is 1.45 bits per heavy atom. The third-order valence-electron chi connectivity index (χ3n) is 3.81. The van der Waals surface area contributed by atoms with E-state index >= 15 is 0 Å². The molecule has 20 heavy (non-hydrogen) atoms. The molecule has 1 saturated carbocycles. The molecule has 0 amide bonds. The molecule has 1 aromatic heterocycles. The lowest BCUT2D eigenvalue weighted by atomic mass is 9.88. The van der Waals surface area contributed by atoms with Gasteiger partial charge in [0.2, 0.25) is 0 Å². The zero-order valence-electron chi connectivity index (χ0n) is 11.5. The number of nitrogens with zero attached hydrogens (tertiary/aromatic N) is 1. The number of hydrogen-bond acceptors (Lipinski definition) is 4. The summed E-state index contributed by atoms with van der Waals surface area (Å²) in [6.07, 6.45) is 3.83. The maximum Gasteiger partial charge on any atom is 0.337 e. The second kappa shape index (κ2) is 5.14. The fourth-order valence-electron chi connectivity index (χ4n) is 2.46. The molecule has 6 nitrogen and oxygen atoms in total. The average Bonchev–Trinajstić information content (AvgIpc) is 2.68. The Hall–Kier alpha value is -1.47. The van der Waals surface area contributed by atoms with Gasteiger partial charge in [-0.15, -0.1) is 0 Å². The molecule has 2 rings (SSSR count). The van der Waals surface area contributed by atoms with Crippen LogP contribution in [0, 0.1) is 5.41 Å². The molecule has 110 valence electrons. The zero-order chi connectivity index (χ0) is 15.0. The molecule has 1 aromatic rings. The monoisotopic (exact) mass is 298 g/mol. The maximum atomic E-state index is 12.2. The third kappa shape index (κ3) is 2.99. The van der Waals surface area contributed by atoms with Crippen LogP contribution in [-0.2, 0) is 10.0 Å². The SMILES string of the molecule is CC1(C)CCCC1NS(=O)(=O)c1ccc(C(=O)O)cn1. The van der Waals surface area contributed by atoms with Gasteiger partial charge in [-0.25, -0.2) is 22.9 Å². The highest BCUT2D eigenvalue weighted by Crippen LogP contribution is 2.37. The Balaban J connectivity index is 2.20. The molecule has 0 saturated heterocycles. The number of hydrogen-bond donors (Lipinski definition) is 2. The number of carboxylic acids is 1. The van der Waals surface area contributed by atoms with E-state index < -0.39 is 16.0 Å². The normalized spacial score (nSPS) is 21.8. The third-order valence-corrected chi connectivity index (χ3v) is 5.20. The molecule has 1 unspecified atom stereocenters. The molecule has 0 spiro atoms. The first-order valence-electron chi connectivity index (χ1n) is 6.44. The second-order valence-corrected chi connectivity index (χ2v) is 7.41. The van der Waals surface area contributed by atoms with Gasteiger partial charge in [-0.05, 0) is 30.4 Å². The summed E-state index contributed by atoms with van der Waals surface area (Å²) in [5, 5.41) is 8.62. The minimum absolute atomic E-state index is 0.0369. The van der Waals surface area contributed by atoms with Gasteiger partial charge in [0.1, 0.15) is 0 Å². The maximum absolute atomic E-state index is 12.2. The molecule has 2 N–H and O–H groups in total. The van der Waals surface area contributed by atoms with Crippen molar-refractivity contribution in [2.75, 3.05) is 0 Å². The van der Waals surface area contributed by atoms with E-state index in [0.717, 1.165) is 25.5 Å². The molecule has 0 radical (unpaired) electrons. The van der Waals surface area contributed by atoms with Crippen molar-refractivity contribution in [3.8, 4) is 0 Å². The predicted molar refractivity (Wildman–Crippen MR) is 72.9 cm³/mol. The van der Waals surface area contributed by atoms with Gasteiger partial charge >= 0.3 is 5.97 Å². The second-order valence-electron chi connectivity index (χ2n) is 5.74. The molecule has 1 atom stereocenters. The van der Waals surface area contributed by atoms with Crippen LogP contribution in [0.1, 0.15) is 43.5 Å². The van der Waals surface area contributed by atoms with Crippen LogP contribution in [-0.4, -0.2) is 30.5 Å². The molecule has 1 heterocycles. The number of carboxylic acid groups (broad SMARTS) is 1. The van der Waals surface area contributed by atoms with Gasteiger partial charge in [0.05, 0.1) is 5.56 Å². The van der Waals surface area contributed by atoms with E-state index in [4.69, 9.17) is 5.11 Å². The summed E-state index contributed by atoms with van der Waals surface area (Å²) < 4.78 is 27.1. The summed E-state index contributed by atoms with van der Waals surface area (Å²) in [4.78, 5) is 14.5. The van der Waals surface area contributed by atoms with Crippen LogP contribution >= 0.6 is 0 Å². The highest BCUT2D eigenvalue weighted by atomic mass is 32.2. The van der Waals surface area contributed by atoms with E-state index in [2.05, 4.69) is 9.71 Å². The molecule has 1 aliphatic rings. The van der Waals surface area contributed by atoms with E-state index in [-0.39, 0.29) is 22.0 Å². The van der Waals surface area contributed by atoms with Crippen LogP contribution in [0.2, 0.25) is 0 Å². The van der Waals surface area contributed by atoms with Gasteiger partial charge in [-0.2, -0.15) is 0 Å². The van der Waals surface area contributed by atoms with E-state index in [0.29, 0.717) is 0 Å². The molecule has 7 heteroatoms. The number of pyridine rings is 1. The number of carbonyl (C=O) groups is 1. The quantitative estimate of drug-likeness (QED) is 0.880. The lowest BCUT2D eigenvalue weighted by Gasteiger charge is -2.27. The minimum atomic E-state index is -3.71. The van der Waals surface area contributed by atoms with Crippen molar-refractivity contribution in [1.82, 2.24) is 9.71 Å². The first kappa shape index (κ1) is 14.9. The van der Waals surface area contributed by atoms with Gasteiger partial charge in [0.15, 0.2) is 5.03 Å². The molecule has 1 aliphatic carbocycles. The Morgan fingerprint density at radius 2 is 2.15 bits per heavy atom. The summed E-state index contributed by atoms with van der Waals surface area (Å²) in [5.74, 6) is -1.13. The highest BCUT2D eigenvalue weighted by Gasteiger charge is 2.37. The fourth-order valence-corrected chi connectivity index (χ4v) is 3.83. The largest absolute Gasteiger partial charge is 0.478 e. The van der Waals surface area contributed by atoms with Crippen LogP contribution in [0.4, 0.5) is 0 Å². The highest BCUT2D eigenvalue weighted by molar-refractivity contribution is 7.89. The average molecular weight is 298 g/mol. The van der Waals surface area contributed by atoms with Gasteiger partial charge in [0, 0.05) is 12.2 Å². The van der Waals surface area contributed by atoms with Gasteiger partial charge in [-0.3, -0.25) is 0 Å². The van der Waals surface area contributed by atoms with Crippen molar-refractivity contribution >= 4 is 16.0 Å². The minimum Gasteiger partial charge on any atom is -0.478 e. The summed E-state index contributed by atoms with van der Waals surface area (Å²) in [5.41, 5.74) is -0.112. The molecular weight excluding hydrogens is 280 g/mol. The lowest BCUT2D eigenvalue weighted by molar-refractivity contribution is 0.0696. The first-order valence-corrected chi connectivity index (χ1v) is 7.92. The molecular formula is C13H18N2O4S. The summed E-state index contributed by atoms with van der Waals surface area (Å²) in [6.45, 7) is 4.07. The summed E-state index contributed by atoms with van der Waals surface area (Å²) >= 11 is 0. The van der Waals surface area contributed by atoms with E-state index in [1.807, 2.05) is 13.8 Å². The Kier molecular flexibility index (Phi) is 3.84. The topological polar surface area (TPSA) is 96.4 Å². The van der Waals surface area contributed by atoms with Crippen LogP contribution in [0.5, 0.6) is 0 Å². The summed E-state index contributed by atoms with van der Waals surface area (Å²) in [6, 6.07) is 2.34. The van der Waals surface area contributed by atoms with Crippen LogP contribution in [0.15, 0.2) is 23.4 Å². The van der Waals surface area contributed by atoms with Crippen molar-refractivity contribution in [2.24, 2.45) is 5.41 Å². The lowest BCUT2D eigenvalue weighted by Crippen LogP contribution is -2.41. The van der Waals surface area contributed by atoms with Crippen molar-refractivity contribution in [2.45, 2.75) is 44.2 Å². The molecule has 0 aromatic carbocycles. The Bertz CT molecular complexity index is 608. The first-order chi connectivity index (χ1) is 9.22. The standard InChI is InChI=1S/C13H18N2O4S/c1-13(2)7-3-4-10(13)15-20(18,19)11-6-5-9(8-14-11)12(16)17/h5-6,8,10,15H,3-4,7H2,1-2H3,(H,16,17). The molecule has 0 aliphatic heterocycles. The van der Waals surface area contributed by atoms with E-state index in [9.17, 15) is 13.2 Å². The van der Waals surface area contributed by atoms with Crippen molar-refractivity contribution in [1.29, 1.82) is 0 Å². The van der Waals surface area contributed by atoms with Gasteiger partial charge in [-0.1, -0.05) is 20.3 Å². The van der Waals surface area contributed by atoms with Crippen LogP contribution in [0.25, 0.3) is 0 Å². The summed E-state index contributed by atoms with van der Waals surface area (Å²) in [7, 11) is -3.71.